The minimum Gasteiger partial charge on any atom is -0.463 e. The lowest BCUT2D eigenvalue weighted by atomic mass is 10.1. The van der Waals surface area contributed by atoms with Gasteiger partial charge < -0.3 is 9.15 Å². The molecule has 0 N–H and O–H groups in total. The summed E-state index contributed by atoms with van der Waals surface area (Å²) in [4.78, 5) is 24.9. The van der Waals surface area contributed by atoms with Crippen molar-refractivity contribution < 1.29 is 13.9 Å². The van der Waals surface area contributed by atoms with E-state index in [2.05, 4.69) is 24.0 Å². The van der Waals surface area contributed by atoms with Crippen LogP contribution >= 0.6 is 11.8 Å². The molecule has 0 unspecified atom stereocenters. The Morgan fingerprint density at radius 1 is 1.23 bits per heavy atom. The molecular formula is C21H22N4O4S. The zero-order valence-electron chi connectivity index (χ0n) is 17.0. The first kappa shape index (κ1) is 20.2. The molecule has 0 saturated heterocycles. The third-order valence-corrected chi connectivity index (χ3v) is 5.86. The average Bonchev–Trinajstić information content (AvgIpc) is 3.38. The molecule has 0 aliphatic rings. The summed E-state index contributed by atoms with van der Waals surface area (Å²) in [7, 11) is 1.32. The largest absolute Gasteiger partial charge is 0.463 e. The number of rotatable bonds is 7. The Labute approximate surface area is 176 Å². The summed E-state index contributed by atoms with van der Waals surface area (Å²) >= 11 is 1.42. The number of carbonyl (C=O) groups is 1. The van der Waals surface area contributed by atoms with E-state index in [1.807, 2.05) is 28.7 Å². The smallest absolute Gasteiger partial charge is 0.374 e. The zero-order chi connectivity index (χ0) is 21.3. The topological polar surface area (TPSA) is 91.6 Å². The highest BCUT2D eigenvalue weighted by Crippen LogP contribution is 2.27. The second kappa shape index (κ2) is 8.35. The predicted octanol–water partition coefficient (Wildman–Crippen LogP) is 3.76. The monoisotopic (exact) mass is 426 g/mol. The van der Waals surface area contributed by atoms with Gasteiger partial charge in [-0.15, -0.1) is 10.2 Å². The molecular weight excluding hydrogens is 404 g/mol. The minimum absolute atomic E-state index is 0.0643. The van der Waals surface area contributed by atoms with Crippen LogP contribution in [0, 0.1) is 5.92 Å². The number of aryl methyl sites for hydroxylation is 1. The highest BCUT2D eigenvalue weighted by molar-refractivity contribution is 7.98. The molecule has 0 saturated carbocycles. The number of nitrogens with zero attached hydrogens (tertiary/aromatic N) is 4. The van der Waals surface area contributed by atoms with Crippen molar-refractivity contribution in [1.29, 1.82) is 0 Å². The van der Waals surface area contributed by atoms with Crippen molar-refractivity contribution in [2.75, 3.05) is 7.11 Å². The van der Waals surface area contributed by atoms with E-state index in [9.17, 15) is 9.59 Å². The number of aromatic nitrogens is 4. The number of hydrogen-bond donors (Lipinski definition) is 0. The number of hydrogen-bond acceptors (Lipinski definition) is 7. The number of para-hydroxylation sites is 1. The van der Waals surface area contributed by atoms with Crippen LogP contribution in [0.3, 0.4) is 0 Å². The van der Waals surface area contributed by atoms with Crippen LogP contribution in [0.25, 0.3) is 16.7 Å². The quantitative estimate of drug-likeness (QED) is 0.328. The lowest BCUT2D eigenvalue weighted by molar-refractivity contribution is 0.0564. The van der Waals surface area contributed by atoms with Crippen LogP contribution in [0.15, 0.2) is 51.0 Å². The number of thioether (sulfide) groups is 1. The normalized spacial score (nSPS) is 11.6. The lowest BCUT2D eigenvalue weighted by Crippen LogP contribution is -2.24. The summed E-state index contributed by atoms with van der Waals surface area (Å²) in [5, 5.41) is 9.91. The maximum absolute atomic E-state index is 13.1. The van der Waals surface area contributed by atoms with Crippen molar-refractivity contribution >= 4 is 34.4 Å². The predicted molar refractivity (Wildman–Crippen MR) is 114 cm³/mol. The molecule has 0 radical (unpaired) electrons. The molecule has 0 atom stereocenters. The van der Waals surface area contributed by atoms with Crippen LogP contribution in [0.2, 0.25) is 0 Å². The van der Waals surface area contributed by atoms with E-state index in [4.69, 9.17) is 9.15 Å². The Morgan fingerprint density at radius 2 is 2.03 bits per heavy atom. The maximum Gasteiger partial charge on any atom is 0.374 e. The fourth-order valence-corrected chi connectivity index (χ4v) is 4.20. The number of fused-ring (bicyclic) bond motifs is 3. The van der Waals surface area contributed by atoms with Crippen molar-refractivity contribution in [1.82, 2.24) is 19.2 Å². The Bertz CT molecular complexity index is 1270. The molecule has 4 aromatic rings. The third-order valence-electron chi connectivity index (χ3n) is 4.88. The van der Waals surface area contributed by atoms with E-state index in [-0.39, 0.29) is 11.3 Å². The second-order valence-electron chi connectivity index (χ2n) is 7.33. The summed E-state index contributed by atoms with van der Waals surface area (Å²) in [5.74, 6) is 1.08. The number of ether oxygens (including phenoxy) is 1. The molecule has 0 fully saturated rings. The molecule has 4 rings (SSSR count). The highest BCUT2D eigenvalue weighted by Gasteiger charge is 2.20. The first-order chi connectivity index (χ1) is 14.5. The number of furan rings is 1. The summed E-state index contributed by atoms with van der Waals surface area (Å²) in [6, 6.07) is 9.19. The first-order valence-corrected chi connectivity index (χ1v) is 10.6. The molecule has 3 aromatic heterocycles. The molecule has 0 aliphatic carbocycles. The van der Waals surface area contributed by atoms with E-state index in [1.54, 1.807) is 10.6 Å². The highest BCUT2D eigenvalue weighted by atomic mass is 32.2. The van der Waals surface area contributed by atoms with Gasteiger partial charge in [-0.2, -0.15) is 0 Å². The molecule has 1 aromatic carbocycles. The standard InChI is InChI=1S/C21H22N4O4S/c1-13(2)8-10-24-18(26)15-6-4-5-7-16(15)25-20(24)22-23-21(25)30-12-14-9-11-29-17(14)19(27)28-3/h4-7,9,11,13H,8,10,12H2,1-3H3. The van der Waals surface area contributed by atoms with E-state index >= 15 is 0 Å². The van der Waals surface area contributed by atoms with Gasteiger partial charge in [0.2, 0.25) is 11.5 Å². The Hall–Kier alpha value is -3.07. The fraction of sp³-hybridized carbons (Fsp3) is 0.333. The van der Waals surface area contributed by atoms with Crippen LogP contribution in [-0.4, -0.2) is 32.2 Å². The van der Waals surface area contributed by atoms with Crippen molar-refractivity contribution in [3.8, 4) is 0 Å². The van der Waals surface area contributed by atoms with Gasteiger partial charge in [0.25, 0.3) is 5.56 Å². The summed E-state index contributed by atoms with van der Waals surface area (Å²) in [6.07, 6.45) is 2.32. The molecule has 0 spiro atoms. The summed E-state index contributed by atoms with van der Waals surface area (Å²) in [5.41, 5.74) is 1.40. The Balaban J connectivity index is 1.78. The van der Waals surface area contributed by atoms with Gasteiger partial charge in [-0.3, -0.25) is 13.8 Å². The van der Waals surface area contributed by atoms with Crippen LogP contribution in [-0.2, 0) is 17.0 Å². The van der Waals surface area contributed by atoms with Gasteiger partial charge in [0.15, 0.2) is 5.16 Å². The van der Waals surface area contributed by atoms with Crippen molar-refractivity contribution in [3.63, 3.8) is 0 Å². The van der Waals surface area contributed by atoms with E-state index in [0.29, 0.717) is 40.1 Å². The molecule has 8 nitrogen and oxygen atoms in total. The number of methoxy groups -OCH3 is 1. The van der Waals surface area contributed by atoms with Crippen LogP contribution in [0.1, 0.15) is 36.4 Å². The molecule has 0 bridgehead atoms. The Kier molecular flexibility index (Phi) is 5.63. The molecule has 3 heterocycles. The molecule has 30 heavy (non-hydrogen) atoms. The second-order valence-corrected chi connectivity index (χ2v) is 8.27. The first-order valence-electron chi connectivity index (χ1n) is 9.65. The van der Waals surface area contributed by atoms with Gasteiger partial charge in [-0.25, -0.2) is 4.79 Å². The Morgan fingerprint density at radius 3 is 2.80 bits per heavy atom. The number of carbonyl (C=O) groups excluding carboxylic acids is 1. The fourth-order valence-electron chi connectivity index (χ4n) is 3.28. The van der Waals surface area contributed by atoms with Gasteiger partial charge in [-0.1, -0.05) is 37.7 Å². The van der Waals surface area contributed by atoms with Crippen LogP contribution in [0.4, 0.5) is 0 Å². The van der Waals surface area contributed by atoms with Crippen LogP contribution < -0.4 is 5.56 Å². The minimum atomic E-state index is -0.519. The average molecular weight is 426 g/mol. The number of esters is 1. The molecule has 0 aliphatic heterocycles. The van der Waals surface area contributed by atoms with E-state index < -0.39 is 5.97 Å². The molecule has 156 valence electrons. The van der Waals surface area contributed by atoms with Gasteiger partial charge >= 0.3 is 5.97 Å². The van der Waals surface area contributed by atoms with Gasteiger partial charge in [0.1, 0.15) is 0 Å². The van der Waals surface area contributed by atoms with Crippen LogP contribution in [0.5, 0.6) is 0 Å². The van der Waals surface area contributed by atoms with Crippen molar-refractivity contribution in [2.45, 2.75) is 37.7 Å². The van der Waals surface area contributed by atoms with E-state index in [0.717, 1.165) is 11.9 Å². The van der Waals surface area contributed by atoms with Gasteiger partial charge in [0, 0.05) is 17.9 Å². The number of benzene rings is 1. The zero-order valence-corrected chi connectivity index (χ0v) is 17.8. The SMILES string of the molecule is COC(=O)c1occc1CSc1nnc2n(CCC(C)C)c(=O)c3ccccc3n12. The maximum atomic E-state index is 13.1. The van der Waals surface area contributed by atoms with Crippen molar-refractivity contribution in [2.24, 2.45) is 5.92 Å². The molecule has 0 amide bonds. The molecule has 9 heteroatoms. The summed E-state index contributed by atoms with van der Waals surface area (Å²) in [6.45, 7) is 4.82. The van der Waals surface area contributed by atoms with Gasteiger partial charge in [0.05, 0.1) is 24.3 Å². The van der Waals surface area contributed by atoms with Crippen molar-refractivity contribution in [3.05, 3.63) is 58.3 Å². The van der Waals surface area contributed by atoms with E-state index in [1.165, 1.54) is 25.1 Å². The van der Waals surface area contributed by atoms with Gasteiger partial charge in [-0.05, 0) is 30.5 Å². The lowest BCUT2D eigenvalue weighted by Gasteiger charge is -2.12. The summed E-state index contributed by atoms with van der Waals surface area (Å²) < 4.78 is 13.6. The third kappa shape index (κ3) is 3.60.